The van der Waals surface area contributed by atoms with Crippen LogP contribution in [0.4, 0.5) is 0 Å². The fourth-order valence-corrected chi connectivity index (χ4v) is 2.17. The molecule has 1 heterocycles. The normalized spacial score (nSPS) is 25.8. The van der Waals surface area contributed by atoms with Crippen LogP contribution < -0.4 is 5.32 Å². The average Bonchev–Trinajstić information content (AvgIpc) is 2.96. The standard InChI is InChI=1S/C14H17NO5/c1-9-2-5-12(15-9)20-14(18)7-6-13(17)19-11-4-3-10(16)8-11/h6-7,11-12,15H,1-5,8H2/b7-6+. The Morgan fingerprint density at radius 1 is 1.15 bits per heavy atom. The molecule has 2 fully saturated rings. The lowest BCUT2D eigenvalue weighted by molar-refractivity contribution is -0.146. The second kappa shape index (κ2) is 6.36. The third kappa shape index (κ3) is 4.22. The summed E-state index contributed by atoms with van der Waals surface area (Å²) in [6.45, 7) is 3.73. The Morgan fingerprint density at radius 3 is 2.40 bits per heavy atom. The zero-order valence-electron chi connectivity index (χ0n) is 11.1. The van der Waals surface area contributed by atoms with Gasteiger partial charge in [-0.05, 0) is 12.8 Å². The van der Waals surface area contributed by atoms with E-state index in [2.05, 4.69) is 11.9 Å². The van der Waals surface area contributed by atoms with Crippen molar-refractivity contribution in [3.63, 3.8) is 0 Å². The van der Waals surface area contributed by atoms with Crippen LogP contribution in [0, 0.1) is 0 Å². The zero-order valence-corrected chi connectivity index (χ0v) is 11.1. The molecule has 6 heteroatoms. The molecule has 2 atom stereocenters. The maximum absolute atomic E-state index is 11.5. The van der Waals surface area contributed by atoms with E-state index in [9.17, 15) is 14.4 Å². The number of rotatable bonds is 4. The van der Waals surface area contributed by atoms with Gasteiger partial charge in [-0.25, -0.2) is 9.59 Å². The van der Waals surface area contributed by atoms with Crippen molar-refractivity contribution >= 4 is 17.7 Å². The fraction of sp³-hybridized carbons (Fsp3) is 0.500. The minimum Gasteiger partial charge on any atom is -0.459 e. The Bertz CT molecular complexity index is 426. The maximum atomic E-state index is 11.5. The molecule has 1 aliphatic carbocycles. The maximum Gasteiger partial charge on any atom is 0.332 e. The van der Waals surface area contributed by atoms with Gasteiger partial charge in [0.25, 0.3) is 0 Å². The molecule has 0 bridgehead atoms. The van der Waals surface area contributed by atoms with E-state index in [0.717, 1.165) is 24.3 Å². The smallest absolute Gasteiger partial charge is 0.332 e. The Balaban J connectivity index is 1.71. The Labute approximate surface area is 116 Å². The fourth-order valence-electron chi connectivity index (χ4n) is 2.17. The predicted octanol–water partition coefficient (Wildman–Crippen LogP) is 0.974. The summed E-state index contributed by atoms with van der Waals surface area (Å²) in [6.07, 6.45) is 4.00. The van der Waals surface area contributed by atoms with Crippen LogP contribution in [0.15, 0.2) is 24.4 Å². The number of ether oxygens (including phenoxy) is 2. The van der Waals surface area contributed by atoms with Gasteiger partial charge in [-0.2, -0.15) is 0 Å². The Morgan fingerprint density at radius 2 is 1.85 bits per heavy atom. The van der Waals surface area contributed by atoms with Crippen molar-refractivity contribution in [3.05, 3.63) is 24.4 Å². The first-order chi connectivity index (χ1) is 9.52. The molecule has 1 saturated heterocycles. The molecule has 0 spiro atoms. The summed E-state index contributed by atoms with van der Waals surface area (Å²) in [5, 5.41) is 2.91. The molecule has 2 aliphatic rings. The highest BCUT2D eigenvalue weighted by molar-refractivity contribution is 5.92. The van der Waals surface area contributed by atoms with Crippen molar-refractivity contribution in [2.45, 2.75) is 44.4 Å². The third-order valence-electron chi connectivity index (χ3n) is 3.17. The van der Waals surface area contributed by atoms with E-state index in [1.165, 1.54) is 0 Å². The number of hydrogen-bond donors (Lipinski definition) is 1. The van der Waals surface area contributed by atoms with Crippen LogP contribution in [-0.2, 0) is 23.9 Å². The van der Waals surface area contributed by atoms with Gasteiger partial charge in [0.15, 0.2) is 6.23 Å². The molecule has 0 aromatic rings. The number of allylic oxidation sites excluding steroid dienone is 1. The summed E-state index contributed by atoms with van der Waals surface area (Å²) in [6, 6.07) is 0. The van der Waals surface area contributed by atoms with Crippen molar-refractivity contribution in [1.29, 1.82) is 0 Å². The topological polar surface area (TPSA) is 81.7 Å². The van der Waals surface area contributed by atoms with Gasteiger partial charge in [-0.3, -0.25) is 4.79 Å². The van der Waals surface area contributed by atoms with Crippen LogP contribution >= 0.6 is 0 Å². The predicted molar refractivity (Wildman–Crippen MR) is 69.3 cm³/mol. The highest BCUT2D eigenvalue weighted by atomic mass is 16.6. The van der Waals surface area contributed by atoms with E-state index in [0.29, 0.717) is 19.3 Å². The molecule has 1 aliphatic heterocycles. The molecule has 2 unspecified atom stereocenters. The highest BCUT2D eigenvalue weighted by Crippen LogP contribution is 2.18. The summed E-state index contributed by atoms with van der Waals surface area (Å²) in [4.78, 5) is 33.9. The lowest BCUT2D eigenvalue weighted by atomic mass is 10.3. The summed E-state index contributed by atoms with van der Waals surface area (Å²) in [5.74, 6) is -1.15. The third-order valence-corrected chi connectivity index (χ3v) is 3.17. The molecule has 1 N–H and O–H groups in total. The van der Waals surface area contributed by atoms with Crippen molar-refractivity contribution in [3.8, 4) is 0 Å². The second-order valence-electron chi connectivity index (χ2n) is 4.89. The Kier molecular flexibility index (Phi) is 4.55. The Hall–Kier alpha value is -2.11. The number of nitrogens with one attached hydrogen (secondary N) is 1. The number of carbonyl (C=O) groups excluding carboxylic acids is 3. The van der Waals surface area contributed by atoms with Gasteiger partial charge in [0.1, 0.15) is 11.9 Å². The molecule has 2 rings (SSSR count). The van der Waals surface area contributed by atoms with Crippen LogP contribution in [0.3, 0.4) is 0 Å². The summed E-state index contributed by atoms with van der Waals surface area (Å²) >= 11 is 0. The number of hydrogen-bond acceptors (Lipinski definition) is 6. The summed E-state index contributed by atoms with van der Waals surface area (Å²) in [5.41, 5.74) is 0.831. The van der Waals surface area contributed by atoms with Crippen LogP contribution in [0.2, 0.25) is 0 Å². The van der Waals surface area contributed by atoms with Crippen LogP contribution in [-0.4, -0.2) is 30.1 Å². The molecule has 108 valence electrons. The van der Waals surface area contributed by atoms with Gasteiger partial charge in [-0.1, -0.05) is 6.58 Å². The number of esters is 2. The molecule has 6 nitrogen and oxygen atoms in total. The van der Waals surface area contributed by atoms with Gasteiger partial charge < -0.3 is 14.8 Å². The van der Waals surface area contributed by atoms with Gasteiger partial charge in [0, 0.05) is 37.1 Å². The highest BCUT2D eigenvalue weighted by Gasteiger charge is 2.25. The second-order valence-corrected chi connectivity index (χ2v) is 4.89. The van der Waals surface area contributed by atoms with Crippen molar-refractivity contribution in [2.24, 2.45) is 0 Å². The van der Waals surface area contributed by atoms with E-state index in [1.807, 2.05) is 0 Å². The molecular weight excluding hydrogens is 262 g/mol. The quantitative estimate of drug-likeness (QED) is 0.610. The van der Waals surface area contributed by atoms with Gasteiger partial charge >= 0.3 is 11.9 Å². The van der Waals surface area contributed by atoms with E-state index >= 15 is 0 Å². The number of Topliss-reactive ketones (excluding diaryl/α,β-unsaturated/α-hetero) is 1. The summed E-state index contributed by atoms with van der Waals surface area (Å²) < 4.78 is 10.1. The first-order valence-electron chi connectivity index (χ1n) is 6.58. The lowest BCUT2D eigenvalue weighted by Gasteiger charge is -2.10. The monoisotopic (exact) mass is 279 g/mol. The SMILES string of the molecule is C=C1CCC(OC(=O)/C=C/C(=O)OC2CCC(=O)C2)N1. The minimum atomic E-state index is -0.634. The van der Waals surface area contributed by atoms with E-state index in [4.69, 9.17) is 9.47 Å². The van der Waals surface area contributed by atoms with Gasteiger partial charge in [-0.15, -0.1) is 0 Å². The largest absolute Gasteiger partial charge is 0.459 e. The molecule has 20 heavy (non-hydrogen) atoms. The van der Waals surface area contributed by atoms with E-state index in [-0.39, 0.29) is 24.5 Å². The average molecular weight is 279 g/mol. The molecular formula is C14H17NO5. The summed E-state index contributed by atoms with van der Waals surface area (Å²) in [7, 11) is 0. The number of carbonyl (C=O) groups is 3. The van der Waals surface area contributed by atoms with Crippen molar-refractivity contribution in [2.75, 3.05) is 0 Å². The van der Waals surface area contributed by atoms with Crippen LogP contribution in [0.5, 0.6) is 0 Å². The van der Waals surface area contributed by atoms with Gasteiger partial charge in [0.05, 0.1) is 0 Å². The zero-order chi connectivity index (χ0) is 14.5. The molecule has 0 aromatic heterocycles. The van der Waals surface area contributed by atoms with Crippen LogP contribution in [0.1, 0.15) is 32.1 Å². The molecule has 1 saturated carbocycles. The molecule has 0 aromatic carbocycles. The lowest BCUT2D eigenvalue weighted by Crippen LogP contribution is -2.26. The van der Waals surface area contributed by atoms with Crippen molar-refractivity contribution in [1.82, 2.24) is 5.32 Å². The number of ketones is 1. The first-order valence-corrected chi connectivity index (χ1v) is 6.58. The molecule has 0 amide bonds. The van der Waals surface area contributed by atoms with Crippen molar-refractivity contribution < 1.29 is 23.9 Å². The molecule has 0 radical (unpaired) electrons. The first kappa shape index (κ1) is 14.3. The van der Waals surface area contributed by atoms with E-state index in [1.54, 1.807) is 0 Å². The van der Waals surface area contributed by atoms with Crippen LogP contribution in [0.25, 0.3) is 0 Å². The minimum absolute atomic E-state index is 0.0960. The van der Waals surface area contributed by atoms with Gasteiger partial charge in [0.2, 0.25) is 0 Å². The van der Waals surface area contributed by atoms with E-state index < -0.39 is 11.9 Å².